The van der Waals surface area contributed by atoms with Gasteiger partial charge in [0.15, 0.2) is 5.78 Å². The lowest BCUT2D eigenvalue weighted by atomic mass is 9.89. The Hall–Kier alpha value is -2.87. The predicted octanol–water partition coefficient (Wildman–Crippen LogP) is 4.54. The van der Waals surface area contributed by atoms with Crippen molar-refractivity contribution in [2.75, 3.05) is 13.1 Å². The minimum absolute atomic E-state index is 0.0505. The number of rotatable bonds is 2. The van der Waals surface area contributed by atoms with Gasteiger partial charge in [-0.1, -0.05) is 18.2 Å². The second-order valence-corrected chi connectivity index (χ2v) is 8.02. The molecule has 2 aromatic carbocycles. The summed E-state index contributed by atoms with van der Waals surface area (Å²) in [7, 11) is 0. The van der Waals surface area contributed by atoms with Crippen molar-refractivity contribution in [3.05, 3.63) is 47.5 Å². The molecule has 1 atom stereocenters. The summed E-state index contributed by atoms with van der Waals surface area (Å²) in [6.45, 7) is 6.52. The Morgan fingerprint density at radius 1 is 1.15 bits per heavy atom. The Morgan fingerprint density at radius 2 is 1.85 bits per heavy atom. The highest BCUT2D eigenvalue weighted by molar-refractivity contribution is 6.01. The van der Waals surface area contributed by atoms with Gasteiger partial charge < -0.3 is 9.64 Å². The van der Waals surface area contributed by atoms with Crippen molar-refractivity contribution in [1.82, 2.24) is 4.90 Å². The maximum Gasteiger partial charge on any atom is 0.410 e. The molecule has 1 amide bonds. The number of carbonyl (C=O) groups excluding carboxylic acids is 2. The smallest absolute Gasteiger partial charge is 0.410 e. The van der Waals surface area contributed by atoms with Crippen LogP contribution in [0, 0.1) is 17.2 Å². The minimum Gasteiger partial charge on any atom is -0.444 e. The number of ether oxygens (including phenoxy) is 1. The fraction of sp³-hybridized carbons (Fsp3) is 0.409. The largest absolute Gasteiger partial charge is 0.444 e. The highest BCUT2D eigenvalue weighted by Crippen LogP contribution is 2.25. The number of nitriles is 1. The number of benzene rings is 2. The zero-order valence-corrected chi connectivity index (χ0v) is 16.0. The summed E-state index contributed by atoms with van der Waals surface area (Å²) in [5.74, 6) is -0.170. The van der Waals surface area contributed by atoms with E-state index < -0.39 is 5.60 Å². The van der Waals surface area contributed by atoms with Crippen molar-refractivity contribution in [1.29, 1.82) is 5.26 Å². The molecule has 1 aliphatic rings. The first-order valence-electron chi connectivity index (χ1n) is 9.23. The van der Waals surface area contributed by atoms with Gasteiger partial charge in [0.25, 0.3) is 0 Å². The van der Waals surface area contributed by atoms with Crippen LogP contribution in [0.2, 0.25) is 0 Å². The van der Waals surface area contributed by atoms with Crippen LogP contribution >= 0.6 is 0 Å². The molecule has 1 aliphatic heterocycles. The first kappa shape index (κ1) is 18.9. The number of ketones is 1. The number of hydrogen-bond acceptors (Lipinski definition) is 4. The van der Waals surface area contributed by atoms with Crippen molar-refractivity contribution in [2.45, 2.75) is 39.2 Å². The van der Waals surface area contributed by atoms with E-state index in [-0.39, 0.29) is 17.8 Å². The van der Waals surface area contributed by atoms with Crippen LogP contribution in [0.25, 0.3) is 10.8 Å². The van der Waals surface area contributed by atoms with Crippen molar-refractivity contribution in [2.24, 2.45) is 5.92 Å². The van der Waals surface area contributed by atoms with Gasteiger partial charge >= 0.3 is 6.09 Å². The Balaban J connectivity index is 1.76. The predicted molar refractivity (Wildman–Crippen MR) is 104 cm³/mol. The number of fused-ring (bicyclic) bond motifs is 1. The van der Waals surface area contributed by atoms with Gasteiger partial charge in [-0.15, -0.1) is 0 Å². The lowest BCUT2D eigenvalue weighted by molar-refractivity contribution is 0.0172. The average molecular weight is 364 g/mol. The van der Waals surface area contributed by atoms with E-state index in [9.17, 15) is 9.59 Å². The fourth-order valence-electron chi connectivity index (χ4n) is 3.39. The van der Waals surface area contributed by atoms with Gasteiger partial charge in [0.2, 0.25) is 0 Å². The fourth-order valence-corrected chi connectivity index (χ4v) is 3.39. The van der Waals surface area contributed by atoms with E-state index in [1.165, 1.54) is 0 Å². The molecule has 140 valence electrons. The molecule has 5 nitrogen and oxygen atoms in total. The van der Waals surface area contributed by atoms with E-state index in [4.69, 9.17) is 10.00 Å². The van der Waals surface area contributed by atoms with Crippen LogP contribution < -0.4 is 0 Å². The monoisotopic (exact) mass is 364 g/mol. The Labute approximate surface area is 159 Å². The zero-order valence-electron chi connectivity index (χ0n) is 16.0. The SMILES string of the molecule is CC(C)(C)OC(=O)N1CCCC(C(=O)c2ccc3cc(C#N)ccc3c2)C1. The maximum absolute atomic E-state index is 13.0. The molecule has 1 fully saturated rings. The van der Waals surface area contributed by atoms with Gasteiger partial charge in [-0.05, 0) is 62.6 Å². The van der Waals surface area contributed by atoms with Crippen LogP contribution in [0.1, 0.15) is 49.5 Å². The van der Waals surface area contributed by atoms with Crippen molar-refractivity contribution in [3.8, 4) is 6.07 Å². The molecule has 0 aromatic heterocycles. The minimum atomic E-state index is -0.547. The summed E-state index contributed by atoms with van der Waals surface area (Å²) < 4.78 is 5.44. The van der Waals surface area contributed by atoms with E-state index in [1.807, 2.05) is 45.0 Å². The molecule has 0 aliphatic carbocycles. The van der Waals surface area contributed by atoms with E-state index in [0.29, 0.717) is 24.2 Å². The van der Waals surface area contributed by atoms with Crippen molar-refractivity contribution >= 4 is 22.6 Å². The summed E-state index contributed by atoms with van der Waals surface area (Å²) in [6.07, 6.45) is 1.20. The molecule has 0 spiro atoms. The van der Waals surface area contributed by atoms with E-state index in [2.05, 4.69) is 6.07 Å². The molecule has 5 heteroatoms. The molecule has 2 aromatic rings. The van der Waals surface area contributed by atoms with Crippen LogP contribution in [-0.4, -0.2) is 35.5 Å². The normalized spacial score (nSPS) is 17.4. The van der Waals surface area contributed by atoms with Crippen molar-refractivity contribution < 1.29 is 14.3 Å². The van der Waals surface area contributed by atoms with Crippen LogP contribution in [0.3, 0.4) is 0 Å². The number of likely N-dealkylation sites (tertiary alicyclic amines) is 1. The second-order valence-electron chi connectivity index (χ2n) is 8.02. The Morgan fingerprint density at radius 3 is 2.56 bits per heavy atom. The number of piperidine rings is 1. The molecule has 1 heterocycles. The van der Waals surface area contributed by atoms with E-state index >= 15 is 0 Å². The molecule has 0 bridgehead atoms. The van der Waals surface area contributed by atoms with Gasteiger partial charge in [-0.25, -0.2) is 4.79 Å². The van der Waals surface area contributed by atoms with Gasteiger partial charge in [0.1, 0.15) is 5.60 Å². The number of carbonyl (C=O) groups is 2. The molecule has 1 unspecified atom stereocenters. The number of amides is 1. The quantitative estimate of drug-likeness (QED) is 0.734. The van der Waals surface area contributed by atoms with Crippen LogP contribution in [-0.2, 0) is 4.74 Å². The number of hydrogen-bond donors (Lipinski definition) is 0. The van der Waals surface area contributed by atoms with Gasteiger partial charge in [0, 0.05) is 24.6 Å². The number of Topliss-reactive ketones (excluding diaryl/α,β-unsaturated/α-hetero) is 1. The first-order valence-corrected chi connectivity index (χ1v) is 9.23. The molecule has 27 heavy (non-hydrogen) atoms. The summed E-state index contributed by atoms with van der Waals surface area (Å²) in [5, 5.41) is 10.9. The second kappa shape index (κ2) is 7.40. The van der Waals surface area contributed by atoms with Crippen LogP contribution in [0.15, 0.2) is 36.4 Å². The summed E-state index contributed by atoms with van der Waals surface area (Å²) in [5.41, 5.74) is 0.694. The van der Waals surface area contributed by atoms with E-state index in [1.54, 1.807) is 17.0 Å². The molecule has 0 radical (unpaired) electrons. The van der Waals surface area contributed by atoms with Gasteiger partial charge in [-0.2, -0.15) is 5.26 Å². The van der Waals surface area contributed by atoms with Crippen LogP contribution in [0.5, 0.6) is 0 Å². The highest BCUT2D eigenvalue weighted by atomic mass is 16.6. The first-order chi connectivity index (χ1) is 12.8. The van der Waals surface area contributed by atoms with Crippen LogP contribution in [0.4, 0.5) is 4.79 Å². The molecule has 0 N–H and O–H groups in total. The molecular formula is C22H24N2O3. The molecule has 0 saturated carbocycles. The van der Waals surface area contributed by atoms with Crippen molar-refractivity contribution in [3.63, 3.8) is 0 Å². The lowest BCUT2D eigenvalue weighted by Crippen LogP contribution is -2.44. The molecular weight excluding hydrogens is 340 g/mol. The lowest BCUT2D eigenvalue weighted by Gasteiger charge is -2.33. The third-order valence-corrected chi connectivity index (χ3v) is 4.70. The Bertz CT molecular complexity index is 921. The third-order valence-electron chi connectivity index (χ3n) is 4.70. The average Bonchev–Trinajstić information content (AvgIpc) is 2.65. The van der Waals surface area contributed by atoms with Gasteiger partial charge in [0.05, 0.1) is 11.6 Å². The third kappa shape index (κ3) is 4.46. The Kier molecular flexibility index (Phi) is 5.18. The zero-order chi connectivity index (χ0) is 19.6. The topological polar surface area (TPSA) is 70.4 Å². The highest BCUT2D eigenvalue weighted by Gasteiger charge is 2.31. The molecule has 1 saturated heterocycles. The number of nitrogens with zero attached hydrogens (tertiary/aromatic N) is 2. The van der Waals surface area contributed by atoms with E-state index in [0.717, 1.165) is 23.6 Å². The molecule has 3 rings (SSSR count). The van der Waals surface area contributed by atoms with Gasteiger partial charge in [-0.3, -0.25) is 4.79 Å². The summed E-state index contributed by atoms with van der Waals surface area (Å²) >= 11 is 0. The summed E-state index contributed by atoms with van der Waals surface area (Å²) in [6, 6.07) is 13.1. The maximum atomic E-state index is 13.0. The standard InChI is InChI=1S/C22H24N2O3/c1-22(2,3)27-21(26)24-10-4-5-19(14-24)20(25)18-9-8-16-11-15(13-23)6-7-17(16)12-18/h6-9,11-12,19H,4-5,10,14H2,1-3H3. The summed E-state index contributed by atoms with van der Waals surface area (Å²) in [4.78, 5) is 26.9.